The van der Waals surface area contributed by atoms with Crippen LogP contribution in [-0.4, -0.2) is 24.5 Å². The molecule has 0 unspecified atom stereocenters. The molecule has 1 fully saturated rings. The van der Waals surface area contributed by atoms with Crippen LogP contribution in [0.25, 0.3) is 0 Å². The van der Waals surface area contributed by atoms with Gasteiger partial charge in [-0.05, 0) is 25.7 Å². The summed E-state index contributed by atoms with van der Waals surface area (Å²) in [6.45, 7) is -0.988. The maximum absolute atomic E-state index is 12.7. The molecular formula is C9H15F2NO2. The van der Waals surface area contributed by atoms with Gasteiger partial charge in [0.15, 0.2) is 0 Å². The van der Waals surface area contributed by atoms with Crippen molar-refractivity contribution in [2.75, 3.05) is 6.54 Å². The fourth-order valence-electron chi connectivity index (χ4n) is 1.50. The first-order valence-corrected chi connectivity index (χ1v) is 4.85. The molecule has 5 heteroatoms. The minimum absolute atomic E-state index is 0.339. The van der Waals surface area contributed by atoms with E-state index in [0.717, 1.165) is 19.3 Å². The predicted octanol–water partition coefficient (Wildman–Crippen LogP) is 1.46. The summed E-state index contributed by atoms with van der Waals surface area (Å²) < 4.78 is 30.1. The number of nitrogens with two attached hydrogens (primary N) is 1. The zero-order chi connectivity index (χ0) is 10.6. The minimum atomic E-state index is -3.53. The van der Waals surface area contributed by atoms with Crippen molar-refractivity contribution in [2.45, 2.75) is 44.1 Å². The highest BCUT2D eigenvalue weighted by atomic mass is 19.3. The molecule has 0 heterocycles. The lowest BCUT2D eigenvalue weighted by Crippen LogP contribution is -2.40. The molecule has 82 valence electrons. The van der Waals surface area contributed by atoms with Gasteiger partial charge in [-0.1, -0.05) is 6.42 Å². The molecular weight excluding hydrogens is 192 g/mol. The molecule has 1 aliphatic carbocycles. The summed E-state index contributed by atoms with van der Waals surface area (Å²) in [4.78, 5) is 10.9. The predicted molar refractivity (Wildman–Crippen MR) is 47.0 cm³/mol. The average molecular weight is 207 g/mol. The number of hydrogen-bond acceptors (Lipinski definition) is 3. The topological polar surface area (TPSA) is 52.3 Å². The lowest BCUT2D eigenvalue weighted by Gasteiger charge is -2.23. The van der Waals surface area contributed by atoms with Gasteiger partial charge in [-0.25, -0.2) is 4.79 Å². The molecule has 0 saturated heterocycles. The number of halogens is 2. The standard InChI is InChI=1S/C9H15F2NO2/c10-9(11,6-12)8(13)14-7-4-2-1-3-5-7/h7H,1-6,12H2. The van der Waals surface area contributed by atoms with Crippen molar-refractivity contribution in [3.8, 4) is 0 Å². The van der Waals surface area contributed by atoms with Crippen LogP contribution >= 0.6 is 0 Å². The molecule has 3 nitrogen and oxygen atoms in total. The number of carbonyl (C=O) groups is 1. The fourth-order valence-corrected chi connectivity index (χ4v) is 1.50. The van der Waals surface area contributed by atoms with E-state index in [1.165, 1.54) is 0 Å². The maximum atomic E-state index is 12.7. The second-order valence-corrected chi connectivity index (χ2v) is 3.57. The number of rotatable bonds is 3. The lowest BCUT2D eigenvalue weighted by atomic mass is 9.98. The molecule has 0 radical (unpaired) electrons. The summed E-state index contributed by atoms with van der Waals surface area (Å²) in [6, 6.07) is 0. The van der Waals surface area contributed by atoms with Crippen LogP contribution in [0.15, 0.2) is 0 Å². The van der Waals surface area contributed by atoms with Gasteiger partial charge in [0.25, 0.3) is 0 Å². The van der Waals surface area contributed by atoms with Gasteiger partial charge in [0.1, 0.15) is 6.10 Å². The van der Waals surface area contributed by atoms with Crippen molar-refractivity contribution in [3.63, 3.8) is 0 Å². The fraction of sp³-hybridized carbons (Fsp3) is 0.889. The summed E-state index contributed by atoms with van der Waals surface area (Å²) >= 11 is 0. The molecule has 0 aliphatic heterocycles. The first kappa shape index (κ1) is 11.4. The van der Waals surface area contributed by atoms with E-state index in [4.69, 9.17) is 5.73 Å². The third-order valence-corrected chi connectivity index (χ3v) is 2.38. The van der Waals surface area contributed by atoms with Gasteiger partial charge in [0.05, 0.1) is 6.54 Å². The summed E-state index contributed by atoms with van der Waals surface area (Å²) in [6.07, 6.45) is 3.99. The van der Waals surface area contributed by atoms with E-state index in [1.54, 1.807) is 0 Å². The van der Waals surface area contributed by atoms with Gasteiger partial charge < -0.3 is 10.5 Å². The average Bonchev–Trinajstić information content (AvgIpc) is 2.19. The zero-order valence-corrected chi connectivity index (χ0v) is 7.97. The minimum Gasteiger partial charge on any atom is -0.458 e. The highest BCUT2D eigenvalue weighted by molar-refractivity contribution is 5.77. The van der Waals surface area contributed by atoms with Gasteiger partial charge in [-0.15, -0.1) is 0 Å². The third kappa shape index (κ3) is 2.90. The Balaban J connectivity index is 2.39. The van der Waals surface area contributed by atoms with Gasteiger partial charge in [0, 0.05) is 0 Å². The van der Waals surface area contributed by atoms with Crippen molar-refractivity contribution in [1.29, 1.82) is 0 Å². The molecule has 2 N–H and O–H groups in total. The molecule has 0 aromatic rings. The van der Waals surface area contributed by atoms with E-state index >= 15 is 0 Å². The van der Waals surface area contributed by atoms with Gasteiger partial charge in [-0.3, -0.25) is 0 Å². The Morgan fingerprint density at radius 2 is 1.93 bits per heavy atom. The number of esters is 1. The SMILES string of the molecule is NCC(F)(F)C(=O)OC1CCCCC1. The Morgan fingerprint density at radius 1 is 1.36 bits per heavy atom. The van der Waals surface area contributed by atoms with Crippen molar-refractivity contribution < 1.29 is 18.3 Å². The first-order valence-electron chi connectivity index (χ1n) is 4.85. The number of hydrogen-bond donors (Lipinski definition) is 1. The molecule has 1 aliphatic rings. The van der Waals surface area contributed by atoms with Crippen molar-refractivity contribution in [1.82, 2.24) is 0 Å². The van der Waals surface area contributed by atoms with Crippen LogP contribution in [0.3, 0.4) is 0 Å². The van der Waals surface area contributed by atoms with Crippen molar-refractivity contribution in [2.24, 2.45) is 5.73 Å². The molecule has 0 aromatic carbocycles. The highest BCUT2D eigenvalue weighted by Gasteiger charge is 2.40. The van der Waals surface area contributed by atoms with Crippen LogP contribution in [0.4, 0.5) is 8.78 Å². The second-order valence-electron chi connectivity index (χ2n) is 3.57. The monoisotopic (exact) mass is 207 g/mol. The van der Waals surface area contributed by atoms with Gasteiger partial charge in [0.2, 0.25) is 0 Å². The number of ether oxygens (including phenoxy) is 1. The number of carbonyl (C=O) groups excluding carboxylic acids is 1. The van der Waals surface area contributed by atoms with E-state index in [-0.39, 0.29) is 6.10 Å². The maximum Gasteiger partial charge on any atom is 0.378 e. The molecule has 0 atom stereocenters. The normalized spacial score (nSPS) is 19.4. The number of alkyl halides is 2. The van der Waals surface area contributed by atoms with Gasteiger partial charge >= 0.3 is 11.9 Å². The molecule has 0 spiro atoms. The van der Waals surface area contributed by atoms with Crippen LogP contribution in [-0.2, 0) is 9.53 Å². The Labute approximate surface area is 81.6 Å². The third-order valence-electron chi connectivity index (χ3n) is 2.38. The summed E-state index contributed by atoms with van der Waals surface area (Å²) in [7, 11) is 0. The van der Waals surface area contributed by atoms with E-state index in [0.29, 0.717) is 12.8 Å². The van der Waals surface area contributed by atoms with Crippen LogP contribution in [0.5, 0.6) is 0 Å². The van der Waals surface area contributed by atoms with Crippen LogP contribution in [0, 0.1) is 0 Å². The molecule has 0 bridgehead atoms. The summed E-state index contributed by atoms with van der Waals surface area (Å²) in [5, 5.41) is 0. The molecule has 14 heavy (non-hydrogen) atoms. The quantitative estimate of drug-likeness (QED) is 0.713. The highest BCUT2D eigenvalue weighted by Crippen LogP contribution is 2.23. The Kier molecular flexibility index (Phi) is 3.80. The summed E-state index contributed by atoms with van der Waals surface area (Å²) in [5.41, 5.74) is 4.76. The van der Waals surface area contributed by atoms with Crippen LogP contribution in [0.2, 0.25) is 0 Å². The Morgan fingerprint density at radius 3 is 2.43 bits per heavy atom. The molecule has 0 aromatic heterocycles. The van der Waals surface area contributed by atoms with E-state index < -0.39 is 18.4 Å². The van der Waals surface area contributed by atoms with E-state index in [2.05, 4.69) is 4.74 Å². The van der Waals surface area contributed by atoms with E-state index in [9.17, 15) is 13.6 Å². The van der Waals surface area contributed by atoms with Crippen molar-refractivity contribution in [3.05, 3.63) is 0 Å². The smallest absolute Gasteiger partial charge is 0.378 e. The Hall–Kier alpha value is -0.710. The molecule has 1 rings (SSSR count). The zero-order valence-electron chi connectivity index (χ0n) is 7.97. The second kappa shape index (κ2) is 4.68. The van der Waals surface area contributed by atoms with Crippen LogP contribution in [0.1, 0.15) is 32.1 Å². The largest absolute Gasteiger partial charge is 0.458 e. The molecule has 1 saturated carbocycles. The Bertz CT molecular complexity index is 203. The lowest BCUT2D eigenvalue weighted by molar-refractivity contribution is -0.177. The van der Waals surface area contributed by atoms with Crippen molar-refractivity contribution >= 4 is 5.97 Å². The van der Waals surface area contributed by atoms with E-state index in [1.807, 2.05) is 0 Å². The first-order chi connectivity index (χ1) is 6.56. The molecule has 0 amide bonds. The van der Waals surface area contributed by atoms with Gasteiger partial charge in [-0.2, -0.15) is 8.78 Å². The van der Waals surface area contributed by atoms with Crippen LogP contribution < -0.4 is 5.73 Å². The summed E-state index contributed by atoms with van der Waals surface area (Å²) in [5.74, 6) is -5.01.